The van der Waals surface area contributed by atoms with Crippen molar-refractivity contribution in [1.29, 1.82) is 0 Å². The van der Waals surface area contributed by atoms with E-state index in [0.29, 0.717) is 23.7 Å². The Morgan fingerprint density at radius 2 is 1.97 bits per heavy atom. The molecule has 3 aliphatic heterocycles. The van der Waals surface area contributed by atoms with E-state index in [4.69, 9.17) is 11.6 Å². The number of para-hydroxylation sites is 1. The van der Waals surface area contributed by atoms with Crippen molar-refractivity contribution in [3.8, 4) is 0 Å². The number of aliphatic hydroxyl groups excluding tert-OH is 1. The lowest BCUT2D eigenvalue weighted by Gasteiger charge is -2.42. The molecule has 3 fully saturated rings. The Bertz CT molecular complexity index is 1120. The van der Waals surface area contributed by atoms with Crippen LogP contribution in [0.2, 0.25) is 5.02 Å². The second-order valence-corrected chi connectivity index (χ2v) is 12.6. The lowest BCUT2D eigenvalue weighted by Crippen LogP contribution is -2.59. The molecular weight excluding hydrogens is 522 g/mol. The molecule has 0 radical (unpaired) electrons. The maximum absolute atomic E-state index is 14.7. The number of aryl methyl sites for hydroxylation is 1. The number of benzene rings is 1. The van der Waals surface area contributed by atoms with Crippen LogP contribution in [0.15, 0.2) is 43.5 Å². The number of fused-ring (bicyclic) bond motifs is 1. The molecule has 1 aromatic rings. The summed E-state index contributed by atoms with van der Waals surface area (Å²) in [5, 5.41) is 10.7. The minimum Gasteiger partial charge on any atom is -0.394 e. The van der Waals surface area contributed by atoms with E-state index < -0.39 is 28.7 Å². The van der Waals surface area contributed by atoms with Crippen molar-refractivity contribution in [1.82, 2.24) is 9.80 Å². The van der Waals surface area contributed by atoms with E-state index in [2.05, 4.69) is 20.1 Å². The third kappa shape index (κ3) is 4.20. The largest absolute Gasteiger partial charge is 0.394 e. The van der Waals surface area contributed by atoms with E-state index in [1.807, 2.05) is 26.0 Å². The van der Waals surface area contributed by atoms with Crippen molar-refractivity contribution in [3.63, 3.8) is 0 Å². The van der Waals surface area contributed by atoms with Crippen LogP contribution in [0.4, 0.5) is 5.69 Å². The Hall–Kier alpha value is -2.29. The van der Waals surface area contributed by atoms with Crippen molar-refractivity contribution >= 4 is 46.8 Å². The molecule has 206 valence electrons. The molecule has 3 unspecified atom stereocenters. The highest BCUT2D eigenvalue weighted by Gasteiger charge is 2.76. The number of halogens is 1. The number of carbonyl (C=O) groups is 3. The van der Waals surface area contributed by atoms with Gasteiger partial charge in [-0.1, -0.05) is 49.7 Å². The predicted molar refractivity (Wildman–Crippen MR) is 153 cm³/mol. The van der Waals surface area contributed by atoms with Gasteiger partial charge in [-0.15, -0.1) is 24.9 Å². The number of carbonyl (C=O) groups excluding carboxylic acids is 3. The standard InChI is InChI=1S/C29H38ClN3O4S/c1-7-13-31(6)26(35)22-21-15-18(5)29(38-21)23(22)27(36)33(19(9-3)16-34)25(29)28(37)32(14-8-2)24-17(4)11-10-12-20(24)30/h7-8,10-12,18-19,21-23,25,34H,1-2,9,13-16H2,3-6H3/t18?,19-,21+,22-,23-,25?,29?/m0/s1. The van der Waals surface area contributed by atoms with Crippen LogP contribution >= 0.6 is 23.4 Å². The van der Waals surface area contributed by atoms with Crippen molar-refractivity contribution in [2.75, 3.05) is 31.6 Å². The predicted octanol–water partition coefficient (Wildman–Crippen LogP) is 3.92. The van der Waals surface area contributed by atoms with E-state index in [1.165, 1.54) is 0 Å². The normalized spacial score (nSPS) is 30.2. The number of anilines is 1. The minimum atomic E-state index is -0.847. The maximum Gasteiger partial charge on any atom is 0.251 e. The fourth-order valence-electron chi connectivity index (χ4n) is 6.90. The third-order valence-corrected chi connectivity index (χ3v) is 11.0. The van der Waals surface area contributed by atoms with Crippen molar-refractivity contribution in [2.45, 2.75) is 55.7 Å². The Labute approximate surface area is 234 Å². The summed E-state index contributed by atoms with van der Waals surface area (Å²) in [6.07, 6.45) is 4.55. The molecule has 1 spiro atoms. The molecule has 0 aromatic heterocycles. The van der Waals surface area contributed by atoms with Crippen LogP contribution < -0.4 is 4.90 Å². The van der Waals surface area contributed by atoms with Gasteiger partial charge in [0.25, 0.3) is 5.91 Å². The molecule has 38 heavy (non-hydrogen) atoms. The van der Waals surface area contributed by atoms with Gasteiger partial charge in [0.1, 0.15) is 6.04 Å². The van der Waals surface area contributed by atoms with E-state index in [1.54, 1.807) is 51.7 Å². The molecule has 2 bridgehead atoms. The number of hydrogen-bond acceptors (Lipinski definition) is 5. The second kappa shape index (κ2) is 11.1. The number of nitrogens with zero attached hydrogens (tertiary/aromatic N) is 3. The third-order valence-electron chi connectivity index (χ3n) is 8.59. The summed E-state index contributed by atoms with van der Waals surface area (Å²) in [6, 6.07) is 4.09. The molecule has 3 amide bonds. The van der Waals surface area contributed by atoms with Crippen LogP contribution in [0.3, 0.4) is 0 Å². The molecule has 0 saturated carbocycles. The van der Waals surface area contributed by atoms with Crippen LogP contribution in [-0.4, -0.2) is 81.5 Å². The molecule has 1 N–H and O–H groups in total. The topological polar surface area (TPSA) is 81.2 Å². The molecule has 7 atom stereocenters. The summed E-state index contributed by atoms with van der Waals surface area (Å²) in [5.41, 5.74) is 1.43. The van der Waals surface area contributed by atoms with Gasteiger partial charge in [-0.05, 0) is 37.3 Å². The highest BCUT2D eigenvalue weighted by molar-refractivity contribution is 8.02. The highest BCUT2D eigenvalue weighted by Crippen LogP contribution is 2.69. The first-order valence-corrected chi connectivity index (χ1v) is 14.5. The first-order valence-electron chi connectivity index (χ1n) is 13.2. The van der Waals surface area contributed by atoms with Gasteiger partial charge in [0.2, 0.25) is 11.8 Å². The molecule has 3 heterocycles. The molecule has 1 aromatic carbocycles. The average Bonchev–Trinajstić information content (AvgIpc) is 3.47. The zero-order valence-electron chi connectivity index (χ0n) is 22.6. The molecular formula is C29H38ClN3O4S. The molecule has 7 nitrogen and oxygen atoms in total. The Kier molecular flexibility index (Phi) is 8.36. The quantitative estimate of drug-likeness (QED) is 0.439. The average molecular weight is 560 g/mol. The Balaban J connectivity index is 1.88. The van der Waals surface area contributed by atoms with Gasteiger partial charge in [0, 0.05) is 25.4 Å². The fraction of sp³-hybridized carbons (Fsp3) is 0.552. The summed E-state index contributed by atoms with van der Waals surface area (Å²) in [4.78, 5) is 47.6. The van der Waals surface area contributed by atoms with Crippen LogP contribution in [0, 0.1) is 24.7 Å². The van der Waals surface area contributed by atoms with Crippen molar-refractivity contribution < 1.29 is 19.5 Å². The number of hydrogen-bond donors (Lipinski definition) is 1. The lowest BCUT2D eigenvalue weighted by molar-refractivity contribution is -0.145. The van der Waals surface area contributed by atoms with Gasteiger partial charge in [-0.25, -0.2) is 0 Å². The summed E-state index contributed by atoms with van der Waals surface area (Å²) in [7, 11) is 1.73. The Morgan fingerprint density at radius 3 is 2.55 bits per heavy atom. The van der Waals surface area contributed by atoms with Gasteiger partial charge >= 0.3 is 0 Å². The second-order valence-electron chi connectivity index (χ2n) is 10.7. The van der Waals surface area contributed by atoms with Gasteiger partial charge in [0.15, 0.2) is 0 Å². The van der Waals surface area contributed by atoms with E-state index >= 15 is 0 Å². The first kappa shape index (κ1) is 28.7. The maximum atomic E-state index is 14.7. The lowest BCUT2D eigenvalue weighted by atomic mass is 9.65. The Morgan fingerprint density at radius 1 is 1.29 bits per heavy atom. The molecule has 0 aliphatic carbocycles. The SMILES string of the molecule is C=CCN(C)C(=O)[C@@H]1[C@H]2C(=O)N([C@@H](CC)CO)C(C(=O)N(CC=C)c3c(C)cccc3Cl)C23S[C@@H]1CC3C. The van der Waals surface area contributed by atoms with Crippen molar-refractivity contribution in [2.24, 2.45) is 17.8 Å². The number of thioether (sulfide) groups is 1. The minimum absolute atomic E-state index is 0.0216. The summed E-state index contributed by atoms with van der Waals surface area (Å²) < 4.78 is -0.786. The zero-order chi connectivity index (χ0) is 27.9. The van der Waals surface area contributed by atoms with E-state index in [0.717, 1.165) is 12.0 Å². The molecule has 3 saturated heterocycles. The van der Waals surface area contributed by atoms with Crippen LogP contribution in [-0.2, 0) is 14.4 Å². The van der Waals surface area contributed by atoms with Crippen LogP contribution in [0.5, 0.6) is 0 Å². The zero-order valence-corrected chi connectivity index (χ0v) is 24.2. The summed E-state index contributed by atoms with van der Waals surface area (Å²) >= 11 is 8.25. The molecule has 4 rings (SSSR count). The van der Waals surface area contributed by atoms with E-state index in [9.17, 15) is 19.5 Å². The van der Waals surface area contributed by atoms with Gasteiger partial charge < -0.3 is 19.8 Å². The van der Waals surface area contributed by atoms with Gasteiger partial charge in [-0.3, -0.25) is 14.4 Å². The number of likely N-dealkylation sites (tertiary alicyclic amines) is 1. The number of likely N-dealkylation sites (N-methyl/N-ethyl adjacent to an activating group) is 1. The van der Waals surface area contributed by atoms with E-state index in [-0.39, 0.29) is 42.0 Å². The monoisotopic (exact) mass is 559 g/mol. The molecule has 3 aliphatic rings. The van der Waals surface area contributed by atoms with Gasteiger partial charge in [-0.2, -0.15) is 0 Å². The fourth-order valence-corrected chi connectivity index (χ4v) is 9.62. The smallest absolute Gasteiger partial charge is 0.251 e. The number of rotatable bonds is 10. The number of amides is 3. The highest BCUT2D eigenvalue weighted by atomic mass is 35.5. The first-order chi connectivity index (χ1) is 18.1. The molecule has 9 heteroatoms. The van der Waals surface area contributed by atoms with Crippen LogP contribution in [0.25, 0.3) is 0 Å². The van der Waals surface area contributed by atoms with Gasteiger partial charge in [0.05, 0.1) is 39.9 Å². The van der Waals surface area contributed by atoms with Crippen molar-refractivity contribution in [3.05, 3.63) is 54.1 Å². The summed E-state index contributed by atoms with van der Waals surface area (Å²) in [5.74, 6) is -1.71. The van der Waals surface area contributed by atoms with Crippen LogP contribution in [0.1, 0.15) is 32.3 Å². The summed E-state index contributed by atoms with van der Waals surface area (Å²) in [6.45, 7) is 13.8. The number of aliphatic hydroxyl groups is 1.